The molecule has 25 heavy (non-hydrogen) atoms. The van der Waals surface area contributed by atoms with Crippen molar-refractivity contribution in [1.29, 1.82) is 0 Å². The number of carbonyl (C=O) groups is 1. The number of aromatic nitrogens is 2. The predicted octanol–water partition coefficient (Wildman–Crippen LogP) is 5.56. The summed E-state index contributed by atoms with van der Waals surface area (Å²) >= 11 is 4.64. The molecule has 3 heterocycles. The van der Waals surface area contributed by atoms with E-state index in [9.17, 15) is 4.79 Å². The summed E-state index contributed by atoms with van der Waals surface area (Å²) in [5.41, 5.74) is 2.76. The molecule has 0 unspecified atom stereocenters. The second-order valence-electron chi connectivity index (χ2n) is 5.29. The summed E-state index contributed by atoms with van der Waals surface area (Å²) in [5.74, 6) is -0.141. The lowest BCUT2D eigenvalue weighted by Crippen LogP contribution is -2.09. The molecule has 4 rings (SSSR count). The van der Waals surface area contributed by atoms with Gasteiger partial charge in [-0.2, -0.15) is 0 Å². The molecule has 4 nitrogen and oxygen atoms in total. The number of thiophene rings is 1. The highest BCUT2D eigenvalue weighted by molar-refractivity contribution is 7.22. The summed E-state index contributed by atoms with van der Waals surface area (Å²) < 4.78 is 0. The third kappa shape index (κ3) is 3.53. The molecule has 0 atom stereocenters. The van der Waals surface area contributed by atoms with E-state index in [1.54, 1.807) is 28.9 Å². The van der Waals surface area contributed by atoms with Gasteiger partial charge in [-0.1, -0.05) is 18.2 Å². The molecule has 124 valence electrons. The van der Waals surface area contributed by atoms with Crippen molar-refractivity contribution in [3.05, 3.63) is 63.2 Å². The van der Waals surface area contributed by atoms with E-state index in [1.165, 1.54) is 11.3 Å². The van der Waals surface area contributed by atoms with Gasteiger partial charge in [0.2, 0.25) is 0 Å². The minimum Gasteiger partial charge on any atom is -0.321 e. The van der Waals surface area contributed by atoms with Crippen LogP contribution < -0.4 is 5.32 Å². The molecule has 4 aromatic rings. The summed E-state index contributed by atoms with van der Waals surface area (Å²) in [4.78, 5) is 22.9. The average Bonchev–Trinajstić information content (AvgIpc) is 3.36. The van der Waals surface area contributed by atoms with Gasteiger partial charge in [0.1, 0.15) is 9.88 Å². The first-order valence-corrected chi connectivity index (χ1v) is 10.1. The van der Waals surface area contributed by atoms with E-state index in [2.05, 4.69) is 15.3 Å². The van der Waals surface area contributed by atoms with Crippen LogP contribution in [0.5, 0.6) is 0 Å². The average molecular weight is 384 g/mol. The van der Waals surface area contributed by atoms with Crippen LogP contribution in [0.3, 0.4) is 0 Å². The number of nitrogens with one attached hydrogen (secondary N) is 1. The van der Waals surface area contributed by atoms with E-state index < -0.39 is 0 Å². The Morgan fingerprint density at radius 1 is 1.12 bits per heavy atom. The Labute approximate surface area is 156 Å². The molecule has 0 aliphatic heterocycles. The Kier molecular flexibility index (Phi) is 4.44. The quantitative estimate of drug-likeness (QED) is 0.502. The minimum atomic E-state index is -0.141. The maximum Gasteiger partial charge on any atom is 0.267 e. The third-order valence-electron chi connectivity index (χ3n) is 3.52. The van der Waals surface area contributed by atoms with Crippen molar-refractivity contribution in [2.45, 2.75) is 6.92 Å². The number of hydrogen-bond acceptors (Lipinski definition) is 6. The van der Waals surface area contributed by atoms with Gasteiger partial charge in [0.05, 0.1) is 21.8 Å². The number of benzene rings is 1. The lowest BCUT2D eigenvalue weighted by molar-refractivity contribution is 0.103. The van der Waals surface area contributed by atoms with Gasteiger partial charge in [0.15, 0.2) is 0 Å². The molecule has 1 N–H and O–H groups in total. The maximum atomic E-state index is 12.4. The smallest absolute Gasteiger partial charge is 0.267 e. The summed E-state index contributed by atoms with van der Waals surface area (Å²) in [7, 11) is 0. The highest BCUT2D eigenvalue weighted by Gasteiger charge is 2.12. The Hall–Kier alpha value is -2.35. The van der Waals surface area contributed by atoms with E-state index in [0.29, 0.717) is 4.88 Å². The van der Waals surface area contributed by atoms with E-state index in [-0.39, 0.29) is 5.91 Å². The predicted molar refractivity (Wildman–Crippen MR) is 106 cm³/mol. The van der Waals surface area contributed by atoms with E-state index in [0.717, 1.165) is 31.8 Å². The van der Waals surface area contributed by atoms with Gasteiger partial charge in [-0.15, -0.1) is 34.0 Å². The second-order valence-corrected chi connectivity index (χ2v) is 8.33. The van der Waals surface area contributed by atoms with Crippen LogP contribution in [0.15, 0.2) is 53.4 Å². The first kappa shape index (κ1) is 16.1. The van der Waals surface area contributed by atoms with Crippen LogP contribution in [0, 0.1) is 6.92 Å². The Balaban J connectivity index is 1.47. The number of thiazole rings is 2. The number of amides is 1. The summed E-state index contributed by atoms with van der Waals surface area (Å²) in [6.07, 6.45) is 1.63. The van der Waals surface area contributed by atoms with E-state index >= 15 is 0 Å². The summed E-state index contributed by atoms with van der Waals surface area (Å²) in [6, 6.07) is 11.7. The van der Waals surface area contributed by atoms with Crippen molar-refractivity contribution in [3.8, 4) is 21.1 Å². The second kappa shape index (κ2) is 6.87. The zero-order valence-corrected chi connectivity index (χ0v) is 15.7. The summed E-state index contributed by atoms with van der Waals surface area (Å²) in [6.45, 7) is 1.99. The molecule has 0 saturated carbocycles. The fraction of sp³-hybridized carbons (Fsp3) is 0.0556. The Morgan fingerprint density at radius 2 is 1.96 bits per heavy atom. The minimum absolute atomic E-state index is 0.141. The molecular weight excluding hydrogens is 370 g/mol. The van der Waals surface area contributed by atoms with Crippen LogP contribution in [-0.2, 0) is 0 Å². The van der Waals surface area contributed by atoms with Crippen LogP contribution in [0.2, 0.25) is 0 Å². The zero-order valence-electron chi connectivity index (χ0n) is 13.2. The summed E-state index contributed by atoms with van der Waals surface area (Å²) in [5, 5.41) is 8.86. The molecule has 0 spiro atoms. The molecule has 0 bridgehead atoms. The van der Waals surface area contributed by atoms with Crippen LogP contribution in [0.4, 0.5) is 5.69 Å². The Morgan fingerprint density at radius 3 is 2.64 bits per heavy atom. The monoisotopic (exact) mass is 383 g/mol. The van der Waals surface area contributed by atoms with E-state index in [4.69, 9.17) is 0 Å². The van der Waals surface area contributed by atoms with Crippen molar-refractivity contribution < 1.29 is 4.79 Å². The van der Waals surface area contributed by atoms with Crippen LogP contribution in [-0.4, -0.2) is 15.9 Å². The SMILES string of the molecule is Cc1nc(-c2ccc(NC(=O)c3cnc(-c4cccs4)s3)cc2)cs1. The largest absolute Gasteiger partial charge is 0.321 e. The van der Waals surface area contributed by atoms with Crippen LogP contribution in [0.1, 0.15) is 14.7 Å². The van der Waals surface area contributed by atoms with Gasteiger partial charge < -0.3 is 5.32 Å². The van der Waals surface area contributed by atoms with Crippen molar-refractivity contribution >= 4 is 45.6 Å². The van der Waals surface area contributed by atoms with Gasteiger partial charge in [0.25, 0.3) is 5.91 Å². The van der Waals surface area contributed by atoms with Crippen molar-refractivity contribution in [1.82, 2.24) is 9.97 Å². The molecule has 3 aromatic heterocycles. The van der Waals surface area contributed by atoms with Crippen LogP contribution in [0.25, 0.3) is 21.1 Å². The fourth-order valence-electron chi connectivity index (χ4n) is 2.31. The normalized spacial score (nSPS) is 10.8. The number of carbonyl (C=O) groups excluding carboxylic acids is 1. The number of anilines is 1. The molecule has 7 heteroatoms. The van der Waals surface area contributed by atoms with Crippen molar-refractivity contribution in [2.24, 2.45) is 0 Å². The zero-order chi connectivity index (χ0) is 17.2. The maximum absolute atomic E-state index is 12.4. The first-order chi connectivity index (χ1) is 12.2. The molecule has 1 amide bonds. The molecule has 0 fully saturated rings. The molecule has 0 aliphatic carbocycles. The van der Waals surface area contributed by atoms with Gasteiger partial charge in [-0.3, -0.25) is 4.79 Å². The highest BCUT2D eigenvalue weighted by Crippen LogP contribution is 2.29. The highest BCUT2D eigenvalue weighted by atomic mass is 32.1. The lowest BCUT2D eigenvalue weighted by Gasteiger charge is -2.04. The fourth-order valence-corrected chi connectivity index (χ4v) is 4.54. The van der Waals surface area contributed by atoms with Crippen molar-refractivity contribution in [3.63, 3.8) is 0 Å². The van der Waals surface area contributed by atoms with Crippen LogP contribution >= 0.6 is 34.0 Å². The van der Waals surface area contributed by atoms with Gasteiger partial charge in [-0.05, 0) is 30.5 Å². The first-order valence-electron chi connectivity index (χ1n) is 7.53. The van der Waals surface area contributed by atoms with E-state index in [1.807, 2.05) is 54.1 Å². The third-order valence-corrected chi connectivity index (χ3v) is 6.33. The van der Waals surface area contributed by atoms with Gasteiger partial charge in [0, 0.05) is 16.6 Å². The topological polar surface area (TPSA) is 54.9 Å². The molecule has 0 radical (unpaired) electrons. The van der Waals surface area contributed by atoms with Crippen molar-refractivity contribution in [2.75, 3.05) is 5.32 Å². The number of aryl methyl sites for hydroxylation is 1. The Bertz CT molecular complexity index is 1000. The number of nitrogens with zero attached hydrogens (tertiary/aromatic N) is 2. The molecular formula is C18H13N3OS3. The lowest BCUT2D eigenvalue weighted by atomic mass is 10.1. The van der Waals surface area contributed by atoms with Gasteiger partial charge >= 0.3 is 0 Å². The van der Waals surface area contributed by atoms with Gasteiger partial charge in [-0.25, -0.2) is 9.97 Å². The number of rotatable bonds is 4. The molecule has 0 aliphatic rings. The standard InChI is InChI=1S/C18H13N3OS3/c1-11-20-14(10-24-11)12-4-6-13(7-5-12)21-17(22)16-9-19-18(25-16)15-3-2-8-23-15/h2-10H,1H3,(H,21,22). The number of hydrogen-bond donors (Lipinski definition) is 1. The molecule has 1 aromatic carbocycles. The molecule has 0 saturated heterocycles.